The van der Waals surface area contributed by atoms with Crippen molar-refractivity contribution in [1.82, 2.24) is 5.48 Å². The van der Waals surface area contributed by atoms with Crippen molar-refractivity contribution in [2.75, 3.05) is 7.11 Å². The van der Waals surface area contributed by atoms with Gasteiger partial charge in [-0.05, 0) is 33.6 Å². The van der Waals surface area contributed by atoms with Gasteiger partial charge >= 0.3 is 0 Å². The lowest BCUT2D eigenvalue weighted by Gasteiger charge is -2.12. The highest BCUT2D eigenvalue weighted by molar-refractivity contribution is 9.11. The van der Waals surface area contributed by atoms with Crippen molar-refractivity contribution in [3.8, 4) is 5.75 Å². The Hall–Kier alpha value is -0.880. The highest BCUT2D eigenvalue weighted by atomic mass is 79.9. The normalized spacial score (nSPS) is 10.6. The summed E-state index contributed by atoms with van der Waals surface area (Å²) in [6, 6.07) is 14.0. The number of ether oxygens (including phenoxy) is 1. The van der Waals surface area contributed by atoms with Gasteiger partial charge in [0.2, 0.25) is 0 Å². The Bertz CT molecular complexity index is 561. The first kappa shape index (κ1) is 15.5. The lowest BCUT2D eigenvalue weighted by Crippen LogP contribution is -2.14. The Balaban J connectivity index is 1.91. The van der Waals surface area contributed by atoms with Crippen LogP contribution in [0.4, 0.5) is 0 Å². The molecule has 1 N–H and O–H groups in total. The van der Waals surface area contributed by atoms with Gasteiger partial charge in [0.1, 0.15) is 5.75 Å². The number of hydrogen-bond donors (Lipinski definition) is 1. The molecule has 0 fully saturated rings. The molecule has 0 spiro atoms. The zero-order valence-electron chi connectivity index (χ0n) is 11.0. The molecule has 0 bridgehead atoms. The minimum atomic E-state index is 0.526. The quantitative estimate of drug-likeness (QED) is 0.574. The molecule has 3 nitrogen and oxygen atoms in total. The van der Waals surface area contributed by atoms with Crippen LogP contribution in [-0.2, 0) is 18.0 Å². The van der Waals surface area contributed by atoms with E-state index >= 15 is 0 Å². The van der Waals surface area contributed by atoms with E-state index in [0.29, 0.717) is 13.2 Å². The second-order valence-electron chi connectivity index (χ2n) is 4.18. The molecule has 0 aliphatic heterocycles. The first-order valence-electron chi connectivity index (χ1n) is 6.11. The number of hydrogen-bond acceptors (Lipinski definition) is 3. The van der Waals surface area contributed by atoms with Gasteiger partial charge in [0.15, 0.2) is 0 Å². The number of methoxy groups -OCH3 is 1. The van der Waals surface area contributed by atoms with Crippen LogP contribution in [0.1, 0.15) is 11.1 Å². The Kier molecular flexibility index (Phi) is 6.04. The van der Waals surface area contributed by atoms with Crippen molar-refractivity contribution in [3.05, 3.63) is 62.5 Å². The van der Waals surface area contributed by atoms with Crippen LogP contribution in [0.2, 0.25) is 0 Å². The number of rotatable bonds is 6. The molecule has 0 radical (unpaired) electrons. The predicted molar refractivity (Wildman–Crippen MR) is 86.5 cm³/mol. The summed E-state index contributed by atoms with van der Waals surface area (Å²) >= 11 is 6.95. The summed E-state index contributed by atoms with van der Waals surface area (Å²) in [5.41, 5.74) is 5.10. The summed E-state index contributed by atoms with van der Waals surface area (Å²) in [5.74, 6) is 0.809. The third kappa shape index (κ3) is 4.31. The van der Waals surface area contributed by atoms with E-state index in [2.05, 4.69) is 37.3 Å². The molecule has 0 saturated carbocycles. The largest absolute Gasteiger partial charge is 0.495 e. The maximum Gasteiger partial charge on any atom is 0.137 e. The summed E-state index contributed by atoms with van der Waals surface area (Å²) in [5, 5.41) is 0. The molecule has 5 heteroatoms. The Morgan fingerprint density at radius 3 is 2.55 bits per heavy atom. The highest BCUT2D eigenvalue weighted by Gasteiger charge is 2.09. The van der Waals surface area contributed by atoms with Gasteiger partial charge in [-0.1, -0.05) is 46.3 Å². The van der Waals surface area contributed by atoms with Crippen LogP contribution in [0.15, 0.2) is 51.4 Å². The van der Waals surface area contributed by atoms with Crippen molar-refractivity contribution in [2.45, 2.75) is 13.2 Å². The van der Waals surface area contributed by atoms with Crippen LogP contribution in [0.5, 0.6) is 5.75 Å². The predicted octanol–water partition coefficient (Wildman–Crippen LogP) is 4.44. The molecule has 0 aliphatic rings. The van der Waals surface area contributed by atoms with E-state index in [1.54, 1.807) is 7.11 Å². The van der Waals surface area contributed by atoms with Crippen LogP contribution in [0.25, 0.3) is 0 Å². The van der Waals surface area contributed by atoms with E-state index in [0.717, 1.165) is 25.8 Å². The molecule has 2 aromatic rings. The third-order valence-electron chi connectivity index (χ3n) is 2.74. The van der Waals surface area contributed by atoms with Crippen LogP contribution >= 0.6 is 31.9 Å². The van der Waals surface area contributed by atoms with Crippen LogP contribution in [0, 0.1) is 0 Å². The maximum atomic E-state index is 5.47. The third-order valence-corrected chi connectivity index (χ3v) is 3.78. The first-order chi connectivity index (χ1) is 9.70. The molecule has 20 heavy (non-hydrogen) atoms. The Morgan fingerprint density at radius 2 is 1.85 bits per heavy atom. The van der Waals surface area contributed by atoms with Crippen molar-refractivity contribution in [3.63, 3.8) is 0 Å². The fourth-order valence-corrected chi connectivity index (χ4v) is 3.29. The summed E-state index contributed by atoms with van der Waals surface area (Å²) in [7, 11) is 1.66. The minimum Gasteiger partial charge on any atom is -0.495 e. The van der Waals surface area contributed by atoms with Gasteiger partial charge in [-0.25, -0.2) is 0 Å². The number of nitrogens with one attached hydrogen (secondary N) is 1. The van der Waals surface area contributed by atoms with Crippen molar-refractivity contribution < 1.29 is 9.57 Å². The zero-order valence-corrected chi connectivity index (χ0v) is 14.2. The average molecular weight is 401 g/mol. The van der Waals surface area contributed by atoms with E-state index in [1.165, 1.54) is 0 Å². The molecule has 0 saturated heterocycles. The molecule has 0 unspecified atom stereocenters. The molecule has 0 amide bonds. The number of benzene rings is 2. The van der Waals surface area contributed by atoms with E-state index in [9.17, 15) is 0 Å². The highest BCUT2D eigenvalue weighted by Crippen LogP contribution is 2.32. The Morgan fingerprint density at radius 1 is 1.10 bits per heavy atom. The number of halogens is 2. The Labute approximate surface area is 135 Å². The van der Waals surface area contributed by atoms with Gasteiger partial charge in [0, 0.05) is 16.6 Å². The second-order valence-corrected chi connectivity index (χ2v) is 5.95. The van der Waals surface area contributed by atoms with Crippen molar-refractivity contribution in [2.24, 2.45) is 0 Å². The van der Waals surface area contributed by atoms with E-state index in [4.69, 9.17) is 9.57 Å². The van der Waals surface area contributed by atoms with Gasteiger partial charge < -0.3 is 4.74 Å². The maximum absolute atomic E-state index is 5.47. The molecule has 0 aromatic heterocycles. The minimum absolute atomic E-state index is 0.526. The average Bonchev–Trinajstić information content (AvgIpc) is 2.44. The standard InChI is InChI=1S/C15H15Br2NO2/c1-19-15-12(7-13(16)8-14(15)17)9-18-20-10-11-5-3-2-4-6-11/h2-8,18H,9-10H2,1H3. The van der Waals surface area contributed by atoms with Crippen LogP contribution < -0.4 is 10.2 Å². The van der Waals surface area contributed by atoms with Crippen LogP contribution in [-0.4, -0.2) is 7.11 Å². The molecule has 0 heterocycles. The summed E-state index contributed by atoms with van der Waals surface area (Å²) < 4.78 is 7.29. The monoisotopic (exact) mass is 399 g/mol. The van der Waals surface area contributed by atoms with Gasteiger partial charge in [0.25, 0.3) is 0 Å². The van der Waals surface area contributed by atoms with Gasteiger partial charge in [-0.15, -0.1) is 0 Å². The molecular formula is C15H15Br2NO2. The zero-order chi connectivity index (χ0) is 14.4. The SMILES string of the molecule is COc1c(Br)cc(Br)cc1CNOCc1ccccc1. The summed E-state index contributed by atoms with van der Waals surface area (Å²) in [6.45, 7) is 1.09. The topological polar surface area (TPSA) is 30.5 Å². The van der Waals surface area contributed by atoms with Gasteiger partial charge in [-0.3, -0.25) is 4.84 Å². The summed E-state index contributed by atoms with van der Waals surface area (Å²) in [6.07, 6.45) is 0. The fourth-order valence-electron chi connectivity index (χ4n) is 1.81. The molecule has 0 aliphatic carbocycles. The number of hydroxylamine groups is 1. The first-order valence-corrected chi connectivity index (χ1v) is 7.70. The van der Waals surface area contributed by atoms with Gasteiger partial charge in [0.05, 0.1) is 18.2 Å². The molecular weight excluding hydrogens is 386 g/mol. The van der Waals surface area contributed by atoms with Crippen molar-refractivity contribution >= 4 is 31.9 Å². The second kappa shape index (κ2) is 7.78. The van der Waals surface area contributed by atoms with Crippen molar-refractivity contribution in [1.29, 1.82) is 0 Å². The van der Waals surface area contributed by atoms with Crippen LogP contribution in [0.3, 0.4) is 0 Å². The summed E-state index contributed by atoms with van der Waals surface area (Å²) in [4.78, 5) is 5.47. The molecule has 106 valence electrons. The van der Waals surface area contributed by atoms with Gasteiger partial charge in [-0.2, -0.15) is 5.48 Å². The fraction of sp³-hybridized carbons (Fsp3) is 0.200. The van der Waals surface area contributed by atoms with E-state index in [-0.39, 0.29) is 0 Å². The lowest BCUT2D eigenvalue weighted by atomic mass is 10.2. The lowest BCUT2D eigenvalue weighted by molar-refractivity contribution is 0.0231. The van der Waals surface area contributed by atoms with E-state index < -0.39 is 0 Å². The molecule has 0 atom stereocenters. The van der Waals surface area contributed by atoms with E-state index in [1.807, 2.05) is 42.5 Å². The molecule has 2 aromatic carbocycles. The molecule has 2 rings (SSSR count). The smallest absolute Gasteiger partial charge is 0.137 e.